The zero-order valence-corrected chi connectivity index (χ0v) is 20.1. The lowest BCUT2D eigenvalue weighted by Crippen LogP contribution is -2.44. The van der Waals surface area contributed by atoms with E-state index in [2.05, 4.69) is 6.07 Å². The summed E-state index contributed by atoms with van der Waals surface area (Å²) in [5.74, 6) is 0.0671. The summed E-state index contributed by atoms with van der Waals surface area (Å²) in [6.45, 7) is 4.81. The number of carbonyl (C=O) groups is 1. The Labute approximate surface area is 206 Å². The molecule has 0 saturated carbocycles. The van der Waals surface area contributed by atoms with Crippen molar-refractivity contribution in [3.8, 4) is 5.75 Å². The van der Waals surface area contributed by atoms with Crippen LogP contribution in [0, 0.1) is 10.8 Å². The average Bonchev–Trinajstić information content (AvgIpc) is 2.85. The molecule has 0 spiro atoms. The standard InChI is InChI=1S/C26H34N6O3/c1-2-34-24(33)23(19-4-3-17-9-12-32(26(29)30)16-20(17)15-19)18-5-7-21(8-6-18)35-22-10-13-31(14-11-22)25(27)28/h3-8,15,22-23H,2,9-14,16H2,1H3,(H3,27,28)(H3,29,30). The number of fused-ring (bicyclic) bond motifs is 1. The Hall–Kier alpha value is -3.75. The maximum absolute atomic E-state index is 13.0. The molecule has 6 N–H and O–H groups in total. The number of esters is 1. The molecule has 2 aliphatic rings. The van der Waals surface area contributed by atoms with Gasteiger partial charge < -0.3 is 30.7 Å². The van der Waals surface area contributed by atoms with Gasteiger partial charge in [0, 0.05) is 39.0 Å². The Kier molecular flexibility index (Phi) is 7.43. The third-order valence-electron chi connectivity index (χ3n) is 6.74. The molecule has 2 heterocycles. The number of piperidine rings is 1. The normalized spacial score (nSPS) is 16.8. The fourth-order valence-electron chi connectivity index (χ4n) is 4.80. The number of guanidine groups is 2. The largest absolute Gasteiger partial charge is 0.490 e. The Balaban J connectivity index is 1.52. The number of carbonyl (C=O) groups excluding carboxylic acids is 1. The van der Waals surface area contributed by atoms with E-state index >= 15 is 0 Å². The van der Waals surface area contributed by atoms with Crippen LogP contribution in [-0.2, 0) is 22.5 Å². The summed E-state index contributed by atoms with van der Waals surface area (Å²) in [6.07, 6.45) is 2.50. The van der Waals surface area contributed by atoms with Gasteiger partial charge in [-0.1, -0.05) is 30.3 Å². The Morgan fingerprint density at radius 1 is 0.971 bits per heavy atom. The van der Waals surface area contributed by atoms with Crippen molar-refractivity contribution in [2.45, 2.75) is 44.8 Å². The molecule has 1 fully saturated rings. The molecule has 0 aromatic heterocycles. The Morgan fingerprint density at radius 2 is 1.63 bits per heavy atom. The van der Waals surface area contributed by atoms with Crippen molar-refractivity contribution in [1.82, 2.24) is 9.80 Å². The van der Waals surface area contributed by atoms with Crippen LogP contribution in [-0.4, -0.2) is 60.0 Å². The van der Waals surface area contributed by atoms with E-state index in [1.54, 1.807) is 6.92 Å². The number of hydrogen-bond acceptors (Lipinski definition) is 5. The SMILES string of the molecule is CCOC(=O)C(c1ccc(OC2CCN(C(=N)N)CC2)cc1)c1ccc2c(c1)CN(C(=N)N)CC2. The summed E-state index contributed by atoms with van der Waals surface area (Å²) in [6, 6.07) is 13.7. The fourth-order valence-corrected chi connectivity index (χ4v) is 4.80. The van der Waals surface area contributed by atoms with Crippen LogP contribution in [0.4, 0.5) is 0 Å². The zero-order valence-electron chi connectivity index (χ0n) is 20.1. The first-order chi connectivity index (χ1) is 16.9. The van der Waals surface area contributed by atoms with E-state index in [1.165, 1.54) is 5.56 Å². The monoisotopic (exact) mass is 478 g/mol. The Bertz CT molecular complexity index is 1080. The number of nitrogens with two attached hydrogens (primary N) is 2. The highest BCUT2D eigenvalue weighted by Crippen LogP contribution is 2.31. The van der Waals surface area contributed by atoms with Gasteiger partial charge >= 0.3 is 5.97 Å². The third kappa shape index (κ3) is 5.67. The van der Waals surface area contributed by atoms with E-state index in [4.69, 9.17) is 31.8 Å². The first kappa shape index (κ1) is 24.4. The lowest BCUT2D eigenvalue weighted by Gasteiger charge is -2.32. The summed E-state index contributed by atoms with van der Waals surface area (Å²) in [4.78, 5) is 16.7. The highest BCUT2D eigenvalue weighted by Gasteiger charge is 2.27. The second-order valence-corrected chi connectivity index (χ2v) is 9.03. The van der Waals surface area contributed by atoms with Crippen LogP contribution in [0.25, 0.3) is 0 Å². The van der Waals surface area contributed by atoms with Crippen LogP contribution < -0.4 is 16.2 Å². The van der Waals surface area contributed by atoms with Crippen LogP contribution in [0.5, 0.6) is 5.75 Å². The molecule has 0 bridgehead atoms. The van der Waals surface area contributed by atoms with Gasteiger partial charge in [0.05, 0.1) is 6.61 Å². The average molecular weight is 479 g/mol. The minimum Gasteiger partial charge on any atom is -0.490 e. The molecule has 2 aliphatic heterocycles. The number of nitrogens with one attached hydrogen (secondary N) is 2. The second kappa shape index (κ2) is 10.7. The number of hydrogen-bond donors (Lipinski definition) is 4. The highest BCUT2D eigenvalue weighted by molar-refractivity contribution is 5.82. The van der Waals surface area contributed by atoms with Crippen molar-refractivity contribution in [2.75, 3.05) is 26.2 Å². The molecule has 4 rings (SSSR count). The molecule has 186 valence electrons. The van der Waals surface area contributed by atoms with Gasteiger partial charge in [-0.2, -0.15) is 0 Å². The van der Waals surface area contributed by atoms with E-state index in [0.717, 1.165) is 48.2 Å². The van der Waals surface area contributed by atoms with Gasteiger partial charge in [-0.15, -0.1) is 0 Å². The number of ether oxygens (including phenoxy) is 2. The molecule has 0 radical (unpaired) electrons. The Morgan fingerprint density at radius 3 is 2.26 bits per heavy atom. The number of benzene rings is 2. The van der Waals surface area contributed by atoms with Gasteiger partial charge in [-0.3, -0.25) is 15.6 Å². The van der Waals surface area contributed by atoms with Crippen molar-refractivity contribution in [2.24, 2.45) is 11.5 Å². The maximum Gasteiger partial charge on any atom is 0.317 e. The molecule has 2 aromatic carbocycles. The van der Waals surface area contributed by atoms with E-state index in [-0.39, 0.29) is 24.0 Å². The predicted molar refractivity (Wildman–Crippen MR) is 135 cm³/mol. The summed E-state index contributed by atoms with van der Waals surface area (Å²) >= 11 is 0. The molecule has 2 aromatic rings. The van der Waals surface area contributed by atoms with Gasteiger partial charge in [-0.05, 0) is 47.7 Å². The van der Waals surface area contributed by atoms with E-state index in [1.807, 2.05) is 46.2 Å². The van der Waals surface area contributed by atoms with E-state index in [9.17, 15) is 4.79 Å². The van der Waals surface area contributed by atoms with Crippen molar-refractivity contribution in [3.63, 3.8) is 0 Å². The highest BCUT2D eigenvalue weighted by atomic mass is 16.5. The molecule has 0 amide bonds. The predicted octanol–water partition coefficient (Wildman–Crippen LogP) is 2.37. The molecule has 35 heavy (non-hydrogen) atoms. The van der Waals surface area contributed by atoms with Crippen molar-refractivity contribution in [1.29, 1.82) is 10.8 Å². The smallest absolute Gasteiger partial charge is 0.317 e. The minimum atomic E-state index is -0.555. The van der Waals surface area contributed by atoms with Crippen molar-refractivity contribution in [3.05, 3.63) is 64.7 Å². The van der Waals surface area contributed by atoms with Crippen LogP contribution in [0.1, 0.15) is 47.9 Å². The topological polar surface area (TPSA) is 142 Å². The van der Waals surface area contributed by atoms with E-state index < -0.39 is 5.92 Å². The van der Waals surface area contributed by atoms with Crippen LogP contribution in [0.15, 0.2) is 42.5 Å². The third-order valence-corrected chi connectivity index (χ3v) is 6.74. The number of rotatable bonds is 6. The summed E-state index contributed by atoms with van der Waals surface area (Å²) in [5, 5.41) is 15.3. The second-order valence-electron chi connectivity index (χ2n) is 9.03. The summed E-state index contributed by atoms with van der Waals surface area (Å²) in [5.41, 5.74) is 15.3. The number of nitrogens with zero attached hydrogens (tertiary/aromatic N) is 2. The zero-order chi connectivity index (χ0) is 24.9. The van der Waals surface area contributed by atoms with Gasteiger partial charge in [0.2, 0.25) is 0 Å². The fraction of sp³-hybridized carbons (Fsp3) is 0.423. The maximum atomic E-state index is 13.0. The van der Waals surface area contributed by atoms with Crippen LogP contribution in [0.3, 0.4) is 0 Å². The molecular weight excluding hydrogens is 444 g/mol. The summed E-state index contributed by atoms with van der Waals surface area (Å²) in [7, 11) is 0. The molecule has 1 saturated heterocycles. The molecule has 1 unspecified atom stereocenters. The lowest BCUT2D eigenvalue weighted by molar-refractivity contribution is -0.143. The van der Waals surface area contributed by atoms with Crippen LogP contribution >= 0.6 is 0 Å². The van der Waals surface area contributed by atoms with Gasteiger partial charge in [0.15, 0.2) is 11.9 Å². The lowest BCUT2D eigenvalue weighted by atomic mass is 9.87. The first-order valence-electron chi connectivity index (χ1n) is 12.1. The van der Waals surface area contributed by atoms with Gasteiger partial charge in [-0.25, -0.2) is 0 Å². The van der Waals surface area contributed by atoms with Crippen molar-refractivity contribution >= 4 is 17.9 Å². The van der Waals surface area contributed by atoms with Gasteiger partial charge in [0.25, 0.3) is 0 Å². The van der Waals surface area contributed by atoms with E-state index in [0.29, 0.717) is 26.2 Å². The van der Waals surface area contributed by atoms with Crippen molar-refractivity contribution < 1.29 is 14.3 Å². The van der Waals surface area contributed by atoms with Gasteiger partial charge in [0.1, 0.15) is 17.8 Å². The van der Waals surface area contributed by atoms with Crippen LogP contribution in [0.2, 0.25) is 0 Å². The molecule has 0 aliphatic carbocycles. The summed E-state index contributed by atoms with van der Waals surface area (Å²) < 4.78 is 11.6. The molecular formula is C26H34N6O3. The molecule has 9 heteroatoms. The first-order valence-corrected chi connectivity index (χ1v) is 12.1. The molecule has 9 nitrogen and oxygen atoms in total. The molecule has 1 atom stereocenters. The quantitative estimate of drug-likeness (QED) is 0.284. The number of likely N-dealkylation sites (tertiary alicyclic amines) is 1. The minimum absolute atomic E-state index is 0.0607.